The fourth-order valence-corrected chi connectivity index (χ4v) is 2.33. The van der Waals surface area contributed by atoms with Crippen LogP contribution >= 0.6 is 0 Å². The summed E-state index contributed by atoms with van der Waals surface area (Å²) in [5.41, 5.74) is 8.25. The molecule has 0 bridgehead atoms. The van der Waals surface area contributed by atoms with E-state index >= 15 is 0 Å². The first-order chi connectivity index (χ1) is 10.6. The zero-order valence-corrected chi connectivity index (χ0v) is 14.4. The number of unbranched alkanes of at least 4 members (excludes halogenated alkanes) is 4. The Kier molecular flexibility index (Phi) is 9.31. The molecule has 0 heterocycles. The number of benzene rings is 1. The Morgan fingerprint density at radius 1 is 1.14 bits per heavy atom. The van der Waals surface area contributed by atoms with E-state index in [2.05, 4.69) is 48.4 Å². The van der Waals surface area contributed by atoms with Crippen molar-refractivity contribution in [1.82, 2.24) is 4.90 Å². The highest BCUT2D eigenvalue weighted by Crippen LogP contribution is 2.10. The molecule has 0 saturated heterocycles. The minimum absolute atomic E-state index is 0.515. The second-order valence-corrected chi connectivity index (χ2v) is 6.02. The van der Waals surface area contributed by atoms with Gasteiger partial charge in [0.1, 0.15) is 0 Å². The van der Waals surface area contributed by atoms with Crippen molar-refractivity contribution in [1.29, 1.82) is 0 Å². The Labute approximate surface area is 135 Å². The summed E-state index contributed by atoms with van der Waals surface area (Å²) in [7, 11) is 4.25. The number of guanidine groups is 1. The highest BCUT2D eigenvalue weighted by molar-refractivity contribution is 5.92. The van der Waals surface area contributed by atoms with Gasteiger partial charge in [-0.2, -0.15) is 0 Å². The molecule has 0 atom stereocenters. The van der Waals surface area contributed by atoms with Gasteiger partial charge >= 0.3 is 0 Å². The van der Waals surface area contributed by atoms with E-state index in [1.807, 2.05) is 12.1 Å². The zero-order valence-electron chi connectivity index (χ0n) is 14.4. The topological polar surface area (TPSA) is 53.6 Å². The molecule has 1 aromatic rings. The Bertz CT molecular complexity index is 440. The predicted octanol–water partition coefficient (Wildman–Crippen LogP) is 3.49. The van der Waals surface area contributed by atoms with Crippen molar-refractivity contribution in [2.45, 2.75) is 45.4 Å². The smallest absolute Gasteiger partial charge is 0.193 e. The maximum Gasteiger partial charge on any atom is 0.193 e. The Morgan fingerprint density at radius 3 is 2.59 bits per heavy atom. The first kappa shape index (κ1) is 18.5. The summed E-state index contributed by atoms with van der Waals surface area (Å²) in [6.45, 7) is 4.14. The standard InChI is InChI=1S/C18H32N4/c1-4-16-11-10-12-17(15-16)21-18(19)20-13-8-6-5-7-9-14-22(2)3/h10-12,15H,4-9,13-14H2,1-3H3,(H3,19,20,21). The van der Waals surface area contributed by atoms with Crippen molar-refractivity contribution in [3.63, 3.8) is 0 Å². The van der Waals surface area contributed by atoms with Gasteiger partial charge in [-0.15, -0.1) is 0 Å². The van der Waals surface area contributed by atoms with Crippen LogP contribution in [-0.2, 0) is 6.42 Å². The number of nitrogens with one attached hydrogen (secondary N) is 1. The van der Waals surface area contributed by atoms with Crippen LogP contribution in [0.15, 0.2) is 29.3 Å². The van der Waals surface area contributed by atoms with E-state index in [1.54, 1.807) is 0 Å². The van der Waals surface area contributed by atoms with E-state index in [4.69, 9.17) is 5.73 Å². The Hall–Kier alpha value is -1.55. The van der Waals surface area contributed by atoms with Gasteiger partial charge in [0, 0.05) is 12.2 Å². The average Bonchev–Trinajstić information content (AvgIpc) is 2.49. The number of hydrogen-bond acceptors (Lipinski definition) is 2. The molecule has 0 aliphatic rings. The molecule has 0 radical (unpaired) electrons. The van der Waals surface area contributed by atoms with Crippen molar-refractivity contribution in [2.75, 3.05) is 32.5 Å². The lowest BCUT2D eigenvalue weighted by molar-refractivity contribution is 0.390. The van der Waals surface area contributed by atoms with Crippen LogP contribution in [0.3, 0.4) is 0 Å². The molecule has 0 amide bonds. The van der Waals surface area contributed by atoms with Crippen molar-refractivity contribution < 1.29 is 0 Å². The van der Waals surface area contributed by atoms with Crippen LogP contribution in [-0.4, -0.2) is 38.0 Å². The summed E-state index contributed by atoms with van der Waals surface area (Å²) in [6.07, 6.45) is 7.25. The third-order valence-electron chi connectivity index (χ3n) is 3.65. The molecule has 0 aliphatic heterocycles. The Morgan fingerprint density at radius 2 is 1.86 bits per heavy atom. The van der Waals surface area contributed by atoms with Gasteiger partial charge in [-0.1, -0.05) is 38.3 Å². The van der Waals surface area contributed by atoms with E-state index in [1.165, 1.54) is 37.8 Å². The first-order valence-corrected chi connectivity index (χ1v) is 8.42. The number of hydrogen-bond donors (Lipinski definition) is 2. The molecule has 0 spiro atoms. The van der Waals surface area contributed by atoms with Crippen molar-refractivity contribution >= 4 is 11.6 Å². The summed E-state index contributed by atoms with van der Waals surface area (Å²) < 4.78 is 0. The van der Waals surface area contributed by atoms with Gasteiger partial charge < -0.3 is 16.0 Å². The first-order valence-electron chi connectivity index (χ1n) is 8.42. The fraction of sp³-hybridized carbons (Fsp3) is 0.611. The lowest BCUT2D eigenvalue weighted by atomic mass is 10.1. The third kappa shape index (κ3) is 8.67. The highest BCUT2D eigenvalue weighted by atomic mass is 15.1. The van der Waals surface area contributed by atoms with Crippen molar-refractivity contribution in [2.24, 2.45) is 10.7 Å². The normalized spacial score (nSPS) is 11.9. The van der Waals surface area contributed by atoms with Gasteiger partial charge in [0.05, 0.1) is 0 Å². The molecule has 1 rings (SSSR count). The molecule has 3 N–H and O–H groups in total. The van der Waals surface area contributed by atoms with Gasteiger partial charge in [-0.05, 0) is 57.6 Å². The molecule has 22 heavy (non-hydrogen) atoms. The number of aliphatic imine (C=N–C) groups is 1. The fourth-order valence-electron chi connectivity index (χ4n) is 2.33. The van der Waals surface area contributed by atoms with Crippen molar-refractivity contribution in [3.05, 3.63) is 29.8 Å². The lowest BCUT2D eigenvalue weighted by Gasteiger charge is -2.08. The Balaban J connectivity index is 2.15. The minimum atomic E-state index is 0.515. The second kappa shape index (κ2) is 11.1. The SMILES string of the molecule is CCc1cccc(NC(N)=NCCCCCCCN(C)C)c1. The van der Waals surface area contributed by atoms with Gasteiger partial charge in [0.15, 0.2) is 5.96 Å². The summed E-state index contributed by atoms with van der Waals surface area (Å²) in [4.78, 5) is 6.64. The number of aryl methyl sites for hydroxylation is 1. The largest absolute Gasteiger partial charge is 0.370 e. The molecule has 4 heteroatoms. The summed E-state index contributed by atoms with van der Waals surface area (Å²) in [5, 5.41) is 3.16. The van der Waals surface area contributed by atoms with Gasteiger partial charge in [-0.3, -0.25) is 4.99 Å². The van der Waals surface area contributed by atoms with Crippen LogP contribution in [0.2, 0.25) is 0 Å². The molecule has 1 aromatic carbocycles. The van der Waals surface area contributed by atoms with Crippen LogP contribution in [0.4, 0.5) is 5.69 Å². The van der Waals surface area contributed by atoms with Crippen LogP contribution < -0.4 is 11.1 Å². The van der Waals surface area contributed by atoms with E-state index in [-0.39, 0.29) is 0 Å². The molecule has 0 aromatic heterocycles. The van der Waals surface area contributed by atoms with Gasteiger partial charge in [0.2, 0.25) is 0 Å². The van der Waals surface area contributed by atoms with E-state index in [0.717, 1.165) is 25.1 Å². The summed E-state index contributed by atoms with van der Waals surface area (Å²) in [5.74, 6) is 0.515. The maximum absolute atomic E-state index is 5.93. The third-order valence-corrected chi connectivity index (χ3v) is 3.65. The molecular formula is C18H32N4. The zero-order chi connectivity index (χ0) is 16.2. The molecule has 124 valence electrons. The number of nitrogens with zero attached hydrogens (tertiary/aromatic N) is 2. The van der Waals surface area contributed by atoms with Crippen molar-refractivity contribution in [3.8, 4) is 0 Å². The summed E-state index contributed by atoms with van der Waals surface area (Å²) >= 11 is 0. The maximum atomic E-state index is 5.93. The number of rotatable bonds is 10. The minimum Gasteiger partial charge on any atom is -0.370 e. The number of anilines is 1. The highest BCUT2D eigenvalue weighted by Gasteiger charge is 1.97. The summed E-state index contributed by atoms with van der Waals surface area (Å²) in [6, 6.07) is 8.30. The second-order valence-electron chi connectivity index (χ2n) is 6.02. The molecule has 0 fully saturated rings. The monoisotopic (exact) mass is 304 g/mol. The lowest BCUT2D eigenvalue weighted by Crippen LogP contribution is -2.22. The molecule has 0 aliphatic carbocycles. The van der Waals surface area contributed by atoms with E-state index < -0.39 is 0 Å². The molecule has 4 nitrogen and oxygen atoms in total. The van der Waals surface area contributed by atoms with E-state index in [9.17, 15) is 0 Å². The molecular weight excluding hydrogens is 272 g/mol. The van der Waals surface area contributed by atoms with Gasteiger partial charge in [-0.25, -0.2) is 0 Å². The van der Waals surface area contributed by atoms with Crippen LogP contribution in [0.5, 0.6) is 0 Å². The predicted molar refractivity (Wildman–Crippen MR) is 97.6 cm³/mol. The van der Waals surface area contributed by atoms with Crippen LogP contribution in [0.1, 0.15) is 44.6 Å². The van der Waals surface area contributed by atoms with E-state index in [0.29, 0.717) is 5.96 Å². The van der Waals surface area contributed by atoms with Crippen LogP contribution in [0.25, 0.3) is 0 Å². The molecule has 0 unspecified atom stereocenters. The van der Waals surface area contributed by atoms with Gasteiger partial charge in [0.25, 0.3) is 0 Å². The molecule has 0 saturated carbocycles. The quantitative estimate of drug-likeness (QED) is 0.395. The average molecular weight is 304 g/mol. The van der Waals surface area contributed by atoms with Crippen LogP contribution in [0, 0.1) is 0 Å². The number of nitrogens with two attached hydrogens (primary N) is 1.